The van der Waals surface area contributed by atoms with Crippen molar-refractivity contribution in [3.05, 3.63) is 50.7 Å². The fraction of sp³-hybridized carbons (Fsp3) is 0.214. The van der Waals surface area contributed by atoms with E-state index >= 15 is 0 Å². The summed E-state index contributed by atoms with van der Waals surface area (Å²) in [5.41, 5.74) is 8.92. The third-order valence-electron chi connectivity index (χ3n) is 2.85. The number of thiocarbonyl (C=S) groups is 1. The van der Waals surface area contributed by atoms with Gasteiger partial charge in [0.15, 0.2) is 0 Å². The van der Waals surface area contributed by atoms with Gasteiger partial charge in [0.25, 0.3) is 0 Å². The molecule has 0 bridgehead atoms. The largest absolute Gasteiger partial charge is 0.389 e. The van der Waals surface area contributed by atoms with Crippen LogP contribution in [0.1, 0.15) is 16.0 Å². The van der Waals surface area contributed by atoms with Crippen molar-refractivity contribution >= 4 is 45.8 Å². The van der Waals surface area contributed by atoms with Crippen molar-refractivity contribution in [1.29, 1.82) is 0 Å². The first-order chi connectivity index (χ1) is 8.97. The van der Waals surface area contributed by atoms with Crippen LogP contribution in [0, 0.1) is 6.92 Å². The molecule has 2 nitrogen and oxygen atoms in total. The molecule has 0 saturated heterocycles. The monoisotopic (exact) mass is 310 g/mol. The quantitative estimate of drug-likeness (QED) is 0.866. The molecule has 100 valence electrons. The molecule has 19 heavy (non-hydrogen) atoms. The normalized spacial score (nSPS) is 10.5. The first-order valence-electron chi connectivity index (χ1n) is 5.83. The van der Waals surface area contributed by atoms with Gasteiger partial charge < -0.3 is 10.6 Å². The molecule has 1 heterocycles. The summed E-state index contributed by atoms with van der Waals surface area (Å²) in [5.74, 6) is 0. The molecule has 2 aromatic rings. The third kappa shape index (κ3) is 3.47. The summed E-state index contributed by atoms with van der Waals surface area (Å²) in [6.07, 6.45) is 0. The number of thiophene rings is 1. The number of nitrogens with zero attached hydrogens (tertiary/aromatic N) is 1. The van der Waals surface area contributed by atoms with Crippen LogP contribution in [0.5, 0.6) is 0 Å². The number of hydrogen-bond acceptors (Lipinski definition) is 3. The van der Waals surface area contributed by atoms with Crippen molar-refractivity contribution < 1.29 is 0 Å². The van der Waals surface area contributed by atoms with Gasteiger partial charge in [-0.15, -0.1) is 11.3 Å². The number of nitrogens with two attached hydrogens (primary N) is 1. The Bertz CT molecular complexity index is 607. The fourth-order valence-corrected chi connectivity index (χ4v) is 3.24. The van der Waals surface area contributed by atoms with E-state index in [1.807, 2.05) is 32.2 Å². The summed E-state index contributed by atoms with van der Waals surface area (Å²) in [7, 11) is 2.03. The summed E-state index contributed by atoms with van der Waals surface area (Å²) in [6, 6.07) is 10.1. The lowest BCUT2D eigenvalue weighted by molar-refractivity contribution is 0.938. The van der Waals surface area contributed by atoms with Gasteiger partial charge in [0.1, 0.15) is 4.99 Å². The minimum atomic E-state index is 0.426. The van der Waals surface area contributed by atoms with E-state index in [0.29, 0.717) is 4.99 Å². The van der Waals surface area contributed by atoms with Crippen LogP contribution in [0.4, 0.5) is 5.69 Å². The molecular weight excluding hydrogens is 296 g/mol. The molecule has 0 atom stereocenters. The molecule has 0 aliphatic heterocycles. The van der Waals surface area contributed by atoms with Gasteiger partial charge in [0.2, 0.25) is 0 Å². The van der Waals surface area contributed by atoms with Crippen LogP contribution in [0.15, 0.2) is 30.3 Å². The van der Waals surface area contributed by atoms with E-state index in [-0.39, 0.29) is 0 Å². The molecule has 2 rings (SSSR count). The molecule has 0 unspecified atom stereocenters. The number of aryl methyl sites for hydroxylation is 1. The number of hydrogen-bond donors (Lipinski definition) is 1. The fourth-order valence-electron chi connectivity index (χ4n) is 1.94. The van der Waals surface area contributed by atoms with Crippen molar-refractivity contribution in [2.45, 2.75) is 13.5 Å². The van der Waals surface area contributed by atoms with E-state index in [1.165, 1.54) is 4.88 Å². The van der Waals surface area contributed by atoms with E-state index in [1.54, 1.807) is 11.3 Å². The first-order valence-corrected chi connectivity index (χ1v) is 7.43. The number of benzene rings is 1. The van der Waals surface area contributed by atoms with Crippen molar-refractivity contribution in [3.63, 3.8) is 0 Å². The average Bonchev–Trinajstić information content (AvgIpc) is 2.74. The third-order valence-corrected chi connectivity index (χ3v) is 4.29. The maximum atomic E-state index is 5.95. The van der Waals surface area contributed by atoms with Gasteiger partial charge in [-0.1, -0.05) is 35.4 Å². The molecule has 1 aromatic heterocycles. The summed E-state index contributed by atoms with van der Waals surface area (Å²) in [6.45, 7) is 2.82. The number of anilines is 1. The highest BCUT2D eigenvalue weighted by atomic mass is 35.5. The van der Waals surface area contributed by atoms with Crippen LogP contribution in [0.2, 0.25) is 4.34 Å². The predicted molar refractivity (Wildman–Crippen MR) is 88.5 cm³/mol. The molecule has 0 saturated carbocycles. The standard InChI is InChI=1S/C14H15ClN2S2/c1-9-3-5-12(11(7-9)14(16)18)17(2)8-10-4-6-13(15)19-10/h3-7H,8H2,1-2H3,(H2,16,18). The Hall–Kier alpha value is -1.10. The van der Waals surface area contributed by atoms with Crippen LogP contribution < -0.4 is 10.6 Å². The highest BCUT2D eigenvalue weighted by molar-refractivity contribution is 7.80. The van der Waals surface area contributed by atoms with Crippen molar-refractivity contribution in [3.8, 4) is 0 Å². The summed E-state index contributed by atoms with van der Waals surface area (Å²) >= 11 is 12.7. The summed E-state index contributed by atoms with van der Waals surface area (Å²) < 4.78 is 0.807. The Morgan fingerprint density at radius 2 is 2.11 bits per heavy atom. The maximum absolute atomic E-state index is 5.95. The Labute approximate surface area is 127 Å². The van der Waals surface area contributed by atoms with E-state index in [2.05, 4.69) is 17.0 Å². The molecule has 1 aromatic carbocycles. The van der Waals surface area contributed by atoms with Gasteiger partial charge in [-0.3, -0.25) is 0 Å². The predicted octanol–water partition coefficient (Wildman–Crippen LogP) is 3.98. The van der Waals surface area contributed by atoms with Crippen molar-refractivity contribution in [2.75, 3.05) is 11.9 Å². The van der Waals surface area contributed by atoms with Crippen molar-refractivity contribution in [1.82, 2.24) is 0 Å². The molecule has 0 fully saturated rings. The Morgan fingerprint density at radius 1 is 1.37 bits per heavy atom. The Kier molecular flexibility index (Phi) is 4.45. The molecule has 0 aliphatic carbocycles. The SMILES string of the molecule is Cc1ccc(N(C)Cc2ccc(Cl)s2)c(C(N)=S)c1. The van der Waals surface area contributed by atoms with Gasteiger partial charge in [0, 0.05) is 23.2 Å². The van der Waals surface area contributed by atoms with Gasteiger partial charge in [-0.2, -0.15) is 0 Å². The lowest BCUT2D eigenvalue weighted by Gasteiger charge is -2.22. The minimum absolute atomic E-state index is 0.426. The van der Waals surface area contributed by atoms with E-state index in [9.17, 15) is 0 Å². The van der Waals surface area contributed by atoms with Crippen LogP contribution in [0.25, 0.3) is 0 Å². The van der Waals surface area contributed by atoms with E-state index in [0.717, 1.165) is 27.7 Å². The smallest absolute Gasteiger partial charge is 0.106 e. The lowest BCUT2D eigenvalue weighted by Crippen LogP contribution is -2.21. The molecule has 2 N–H and O–H groups in total. The zero-order valence-corrected chi connectivity index (χ0v) is 13.2. The van der Waals surface area contributed by atoms with Crippen LogP contribution in [0.3, 0.4) is 0 Å². The zero-order valence-electron chi connectivity index (χ0n) is 10.8. The Morgan fingerprint density at radius 3 is 2.68 bits per heavy atom. The highest BCUT2D eigenvalue weighted by Crippen LogP contribution is 2.26. The zero-order chi connectivity index (χ0) is 14.0. The molecule has 0 spiro atoms. The molecule has 0 aliphatic rings. The molecule has 0 radical (unpaired) electrons. The topological polar surface area (TPSA) is 29.3 Å². The number of rotatable bonds is 4. The van der Waals surface area contributed by atoms with Crippen LogP contribution >= 0.6 is 35.2 Å². The first kappa shape index (κ1) is 14.3. The average molecular weight is 311 g/mol. The summed E-state index contributed by atoms with van der Waals surface area (Å²) in [5, 5.41) is 0. The second-order valence-electron chi connectivity index (χ2n) is 4.45. The second kappa shape index (κ2) is 5.90. The second-order valence-corrected chi connectivity index (χ2v) is 6.69. The van der Waals surface area contributed by atoms with Gasteiger partial charge in [-0.25, -0.2) is 0 Å². The molecule has 0 amide bonds. The molecular formula is C14H15ClN2S2. The van der Waals surface area contributed by atoms with Gasteiger partial charge in [0.05, 0.1) is 10.9 Å². The molecule has 5 heteroatoms. The van der Waals surface area contributed by atoms with Crippen LogP contribution in [-0.4, -0.2) is 12.0 Å². The van der Waals surface area contributed by atoms with Crippen LogP contribution in [-0.2, 0) is 6.54 Å². The van der Waals surface area contributed by atoms with Crippen molar-refractivity contribution in [2.24, 2.45) is 5.73 Å². The number of halogens is 1. The minimum Gasteiger partial charge on any atom is -0.389 e. The highest BCUT2D eigenvalue weighted by Gasteiger charge is 2.11. The summed E-state index contributed by atoms with van der Waals surface area (Å²) in [4.78, 5) is 3.77. The van der Waals surface area contributed by atoms with Gasteiger partial charge >= 0.3 is 0 Å². The maximum Gasteiger partial charge on any atom is 0.106 e. The lowest BCUT2D eigenvalue weighted by atomic mass is 10.1. The Balaban J connectivity index is 2.28. The van der Waals surface area contributed by atoms with E-state index in [4.69, 9.17) is 29.6 Å². The van der Waals surface area contributed by atoms with E-state index < -0.39 is 0 Å². The van der Waals surface area contributed by atoms with Gasteiger partial charge in [-0.05, 0) is 31.2 Å².